The van der Waals surface area contributed by atoms with Crippen molar-refractivity contribution in [3.63, 3.8) is 0 Å². The van der Waals surface area contributed by atoms with Gasteiger partial charge in [0.2, 0.25) is 0 Å². The molecule has 0 bridgehead atoms. The van der Waals surface area contributed by atoms with E-state index in [0.29, 0.717) is 0 Å². The standard InChI is InChI=1S/C11H16N2O2S/c1-12-10-9(11(14)15-3)7-4-5-13(2)6-8(7)16-10/h12H,4-6H2,1-3H3. The number of carbonyl (C=O) groups excluding carboxylic acids is 1. The lowest BCUT2D eigenvalue weighted by Gasteiger charge is -2.22. The van der Waals surface area contributed by atoms with Gasteiger partial charge in [-0.05, 0) is 19.0 Å². The van der Waals surface area contributed by atoms with E-state index in [9.17, 15) is 4.79 Å². The second-order valence-corrected chi connectivity index (χ2v) is 5.04. The van der Waals surface area contributed by atoms with E-state index in [-0.39, 0.29) is 5.97 Å². The zero-order valence-corrected chi connectivity index (χ0v) is 10.6. The summed E-state index contributed by atoms with van der Waals surface area (Å²) in [6.45, 7) is 1.92. The molecule has 0 saturated carbocycles. The number of fused-ring (bicyclic) bond motifs is 1. The number of rotatable bonds is 2. The molecular weight excluding hydrogens is 224 g/mol. The van der Waals surface area contributed by atoms with Gasteiger partial charge in [0.25, 0.3) is 0 Å². The average molecular weight is 240 g/mol. The summed E-state index contributed by atoms with van der Waals surface area (Å²) >= 11 is 1.66. The molecule has 0 saturated heterocycles. The minimum atomic E-state index is -0.230. The third-order valence-corrected chi connectivity index (χ3v) is 4.10. The van der Waals surface area contributed by atoms with E-state index in [2.05, 4.69) is 17.3 Å². The Labute approximate surface area is 99.2 Å². The number of nitrogens with one attached hydrogen (secondary N) is 1. The van der Waals surface area contributed by atoms with Crippen molar-refractivity contribution in [1.82, 2.24) is 4.90 Å². The smallest absolute Gasteiger partial charge is 0.341 e. The highest BCUT2D eigenvalue weighted by atomic mass is 32.1. The number of hydrogen-bond acceptors (Lipinski definition) is 5. The molecule has 0 amide bonds. The molecule has 0 aliphatic carbocycles. The van der Waals surface area contributed by atoms with Gasteiger partial charge in [0, 0.05) is 25.0 Å². The van der Waals surface area contributed by atoms with Crippen LogP contribution in [0.5, 0.6) is 0 Å². The Hall–Kier alpha value is -1.07. The fourth-order valence-electron chi connectivity index (χ4n) is 2.03. The molecule has 2 heterocycles. The fraction of sp³-hybridized carbons (Fsp3) is 0.545. The van der Waals surface area contributed by atoms with Crippen LogP contribution >= 0.6 is 11.3 Å². The first kappa shape index (κ1) is 11.4. The van der Waals surface area contributed by atoms with Gasteiger partial charge < -0.3 is 15.0 Å². The van der Waals surface area contributed by atoms with Gasteiger partial charge in [0.05, 0.1) is 12.7 Å². The van der Waals surface area contributed by atoms with Crippen LogP contribution in [0.15, 0.2) is 0 Å². The molecule has 1 aromatic rings. The maximum atomic E-state index is 11.7. The minimum absolute atomic E-state index is 0.230. The average Bonchev–Trinajstić information content (AvgIpc) is 2.65. The second kappa shape index (κ2) is 4.43. The number of likely N-dealkylation sites (N-methyl/N-ethyl adjacent to an activating group) is 1. The molecular formula is C11H16N2O2S. The highest BCUT2D eigenvalue weighted by Gasteiger charge is 2.26. The van der Waals surface area contributed by atoms with E-state index >= 15 is 0 Å². The first-order valence-electron chi connectivity index (χ1n) is 5.26. The van der Waals surface area contributed by atoms with E-state index < -0.39 is 0 Å². The third-order valence-electron chi connectivity index (χ3n) is 2.86. The van der Waals surface area contributed by atoms with Crippen molar-refractivity contribution in [1.29, 1.82) is 0 Å². The van der Waals surface area contributed by atoms with E-state index in [4.69, 9.17) is 4.74 Å². The van der Waals surface area contributed by atoms with Crippen LogP contribution in [0.1, 0.15) is 20.8 Å². The number of anilines is 1. The number of carbonyl (C=O) groups is 1. The summed E-state index contributed by atoms with van der Waals surface area (Å²) in [6, 6.07) is 0. The van der Waals surface area contributed by atoms with Crippen molar-refractivity contribution in [3.8, 4) is 0 Å². The van der Waals surface area contributed by atoms with Crippen molar-refractivity contribution in [3.05, 3.63) is 16.0 Å². The number of esters is 1. The summed E-state index contributed by atoms with van der Waals surface area (Å²) < 4.78 is 4.84. The molecule has 1 N–H and O–H groups in total. The van der Waals surface area contributed by atoms with Crippen molar-refractivity contribution in [2.75, 3.05) is 33.1 Å². The lowest BCUT2D eigenvalue weighted by atomic mass is 10.0. The van der Waals surface area contributed by atoms with Gasteiger partial charge in [0.1, 0.15) is 5.00 Å². The van der Waals surface area contributed by atoms with Gasteiger partial charge in [-0.15, -0.1) is 11.3 Å². The second-order valence-electron chi connectivity index (χ2n) is 3.94. The zero-order chi connectivity index (χ0) is 11.7. The largest absolute Gasteiger partial charge is 0.465 e. The van der Waals surface area contributed by atoms with Gasteiger partial charge in [-0.1, -0.05) is 0 Å². The molecule has 0 radical (unpaired) electrons. The summed E-state index contributed by atoms with van der Waals surface area (Å²) in [7, 11) is 5.37. The summed E-state index contributed by atoms with van der Waals surface area (Å²) in [5.41, 5.74) is 1.90. The van der Waals surface area contributed by atoms with Crippen LogP contribution in [-0.2, 0) is 17.7 Å². The molecule has 0 atom stereocenters. The number of thiophene rings is 1. The Morgan fingerprint density at radius 2 is 2.31 bits per heavy atom. The maximum Gasteiger partial charge on any atom is 0.341 e. The number of methoxy groups -OCH3 is 1. The van der Waals surface area contributed by atoms with Gasteiger partial charge in [-0.2, -0.15) is 0 Å². The number of nitrogens with zero attached hydrogens (tertiary/aromatic N) is 1. The molecule has 1 aliphatic rings. The molecule has 1 aliphatic heterocycles. The predicted molar refractivity (Wildman–Crippen MR) is 65.2 cm³/mol. The number of ether oxygens (including phenoxy) is 1. The van der Waals surface area contributed by atoms with Crippen LogP contribution < -0.4 is 5.32 Å². The first-order chi connectivity index (χ1) is 7.67. The molecule has 4 nitrogen and oxygen atoms in total. The summed E-state index contributed by atoms with van der Waals surface area (Å²) in [5.74, 6) is -0.230. The molecule has 16 heavy (non-hydrogen) atoms. The molecule has 0 fully saturated rings. The highest BCUT2D eigenvalue weighted by molar-refractivity contribution is 7.16. The van der Waals surface area contributed by atoms with E-state index in [1.54, 1.807) is 11.3 Å². The Morgan fingerprint density at radius 3 is 2.94 bits per heavy atom. The zero-order valence-electron chi connectivity index (χ0n) is 9.79. The normalized spacial score (nSPS) is 15.7. The van der Waals surface area contributed by atoms with Gasteiger partial charge in [0.15, 0.2) is 0 Å². The van der Waals surface area contributed by atoms with Crippen molar-refractivity contribution < 1.29 is 9.53 Å². The van der Waals surface area contributed by atoms with E-state index in [0.717, 1.165) is 30.1 Å². The minimum Gasteiger partial charge on any atom is -0.465 e. The first-order valence-corrected chi connectivity index (χ1v) is 6.08. The van der Waals surface area contributed by atoms with Gasteiger partial charge in [-0.25, -0.2) is 4.79 Å². The summed E-state index contributed by atoms with van der Waals surface area (Å²) in [5, 5.41) is 4.01. The maximum absolute atomic E-state index is 11.7. The molecule has 88 valence electrons. The van der Waals surface area contributed by atoms with Crippen LogP contribution in [-0.4, -0.2) is 38.6 Å². The SMILES string of the molecule is CNc1sc2c(c1C(=O)OC)CCN(C)C2. The molecule has 2 rings (SSSR count). The van der Waals surface area contributed by atoms with Gasteiger partial charge in [-0.3, -0.25) is 0 Å². The third kappa shape index (κ3) is 1.81. The lowest BCUT2D eigenvalue weighted by molar-refractivity contribution is 0.0600. The Balaban J connectivity index is 2.46. The van der Waals surface area contributed by atoms with Gasteiger partial charge >= 0.3 is 5.97 Å². The highest BCUT2D eigenvalue weighted by Crippen LogP contribution is 2.36. The van der Waals surface area contributed by atoms with Crippen molar-refractivity contribution >= 4 is 22.3 Å². The van der Waals surface area contributed by atoms with Crippen LogP contribution in [0.4, 0.5) is 5.00 Å². The monoisotopic (exact) mass is 240 g/mol. The van der Waals surface area contributed by atoms with E-state index in [1.165, 1.54) is 17.6 Å². The van der Waals surface area contributed by atoms with Crippen molar-refractivity contribution in [2.45, 2.75) is 13.0 Å². The van der Waals surface area contributed by atoms with Crippen LogP contribution in [0.2, 0.25) is 0 Å². The predicted octanol–water partition coefficient (Wildman–Crippen LogP) is 1.56. The Morgan fingerprint density at radius 1 is 1.56 bits per heavy atom. The van der Waals surface area contributed by atoms with Crippen LogP contribution in [0, 0.1) is 0 Å². The summed E-state index contributed by atoms with van der Waals surface area (Å²) in [6.07, 6.45) is 0.925. The Bertz CT molecular complexity index is 414. The molecule has 1 aromatic heterocycles. The van der Waals surface area contributed by atoms with E-state index in [1.807, 2.05) is 7.05 Å². The quantitative estimate of drug-likeness (QED) is 0.797. The van der Waals surface area contributed by atoms with Crippen LogP contribution in [0.3, 0.4) is 0 Å². The van der Waals surface area contributed by atoms with Crippen molar-refractivity contribution in [2.24, 2.45) is 0 Å². The molecule has 5 heteroatoms. The lowest BCUT2D eigenvalue weighted by Crippen LogP contribution is -2.26. The number of hydrogen-bond donors (Lipinski definition) is 1. The molecule has 0 unspecified atom stereocenters. The topological polar surface area (TPSA) is 41.6 Å². The fourth-order valence-corrected chi connectivity index (χ4v) is 3.29. The van der Waals surface area contributed by atoms with Crippen LogP contribution in [0.25, 0.3) is 0 Å². The Kier molecular flexibility index (Phi) is 3.16. The molecule has 0 aromatic carbocycles. The molecule has 0 spiro atoms. The summed E-state index contributed by atoms with van der Waals surface area (Å²) in [4.78, 5) is 15.3.